The first kappa shape index (κ1) is 23.8. The van der Waals surface area contributed by atoms with Crippen LogP contribution >= 0.6 is 45.8 Å². The molecule has 35 heavy (non-hydrogen) atoms. The van der Waals surface area contributed by atoms with Gasteiger partial charge in [-0.3, -0.25) is 14.5 Å². The summed E-state index contributed by atoms with van der Waals surface area (Å²) >= 11 is 5.21. The number of aromatic nitrogens is 3. The summed E-state index contributed by atoms with van der Waals surface area (Å²) in [5, 5.41) is 22.1. The van der Waals surface area contributed by atoms with Crippen LogP contribution in [0.15, 0.2) is 57.5 Å². The van der Waals surface area contributed by atoms with Crippen molar-refractivity contribution in [3.8, 4) is 0 Å². The van der Waals surface area contributed by atoms with Crippen LogP contribution in [0.3, 0.4) is 0 Å². The van der Waals surface area contributed by atoms with Gasteiger partial charge in [-0.15, -0.1) is 32.9 Å². The highest BCUT2D eigenvalue weighted by Gasteiger charge is 2.47. The number of carbonyl (C=O) groups is 2. The van der Waals surface area contributed by atoms with E-state index in [0.717, 1.165) is 15.4 Å². The molecule has 1 aliphatic rings. The standard InChI is InChI=1S/C23H17FN4O3S4/c1-11-20(34-12(2)25-11)18(29)16-17(15-4-3-9-32-15)28(21(31)19(16)30)22-26-27-23(35-22)33-10-13-5-7-14(24)8-6-13/h3-9,17,30H,10H2,1-2H3. The van der Waals surface area contributed by atoms with E-state index < -0.39 is 23.5 Å². The molecule has 3 aromatic heterocycles. The lowest BCUT2D eigenvalue weighted by molar-refractivity contribution is -0.117. The number of aryl methyl sites for hydroxylation is 2. The van der Waals surface area contributed by atoms with Crippen molar-refractivity contribution in [2.24, 2.45) is 0 Å². The minimum atomic E-state index is -0.820. The van der Waals surface area contributed by atoms with E-state index in [1.54, 1.807) is 26.0 Å². The number of nitrogens with zero attached hydrogens (tertiary/aromatic N) is 4. The molecule has 0 saturated carbocycles. The van der Waals surface area contributed by atoms with Crippen molar-refractivity contribution >= 4 is 62.6 Å². The highest BCUT2D eigenvalue weighted by molar-refractivity contribution is 8.00. The Bertz CT molecular complexity index is 1440. The molecule has 0 bridgehead atoms. The largest absolute Gasteiger partial charge is 0.503 e. The minimum Gasteiger partial charge on any atom is -0.503 e. The predicted octanol–water partition coefficient (Wildman–Crippen LogP) is 5.89. The minimum absolute atomic E-state index is 0.0138. The number of aliphatic hydroxyl groups is 1. The molecule has 0 saturated heterocycles. The van der Waals surface area contributed by atoms with Crippen LogP contribution in [0.4, 0.5) is 9.52 Å². The molecule has 1 aromatic carbocycles. The number of ketones is 1. The third-order valence-electron chi connectivity index (χ3n) is 5.25. The van der Waals surface area contributed by atoms with Crippen LogP contribution < -0.4 is 4.90 Å². The lowest BCUT2D eigenvalue weighted by atomic mass is 10.0. The Morgan fingerprint density at radius 2 is 1.94 bits per heavy atom. The summed E-state index contributed by atoms with van der Waals surface area (Å²) in [4.78, 5) is 33.5. The predicted molar refractivity (Wildman–Crippen MR) is 136 cm³/mol. The first-order chi connectivity index (χ1) is 16.8. The third kappa shape index (κ3) is 4.54. The molecule has 4 heterocycles. The van der Waals surface area contributed by atoms with Crippen molar-refractivity contribution in [3.63, 3.8) is 0 Å². The molecular weight excluding hydrogens is 528 g/mol. The Morgan fingerprint density at radius 3 is 2.60 bits per heavy atom. The average Bonchev–Trinajstić information content (AvgIpc) is 3.62. The quantitative estimate of drug-likeness (QED) is 0.176. The molecule has 178 valence electrons. The van der Waals surface area contributed by atoms with E-state index in [1.165, 1.54) is 62.8 Å². The zero-order chi connectivity index (χ0) is 24.7. The van der Waals surface area contributed by atoms with Gasteiger partial charge in [0.1, 0.15) is 11.9 Å². The van der Waals surface area contributed by atoms with Gasteiger partial charge in [-0.1, -0.05) is 41.3 Å². The maximum Gasteiger partial charge on any atom is 0.296 e. The molecule has 1 atom stereocenters. The van der Waals surface area contributed by atoms with Crippen LogP contribution in [-0.2, 0) is 10.5 Å². The van der Waals surface area contributed by atoms with Gasteiger partial charge in [0.25, 0.3) is 5.91 Å². The molecule has 5 rings (SSSR count). The molecular formula is C23H17FN4O3S4. The molecule has 0 aliphatic carbocycles. The highest BCUT2D eigenvalue weighted by atomic mass is 32.2. The number of thioether (sulfide) groups is 1. The zero-order valence-corrected chi connectivity index (χ0v) is 21.7. The Hall–Kier alpha value is -2.93. The maximum atomic E-state index is 13.5. The Morgan fingerprint density at radius 1 is 1.17 bits per heavy atom. The number of thiophene rings is 1. The van der Waals surface area contributed by atoms with Crippen molar-refractivity contribution in [3.05, 3.63) is 84.9 Å². The monoisotopic (exact) mass is 544 g/mol. The number of hydrogen-bond acceptors (Lipinski definition) is 10. The van der Waals surface area contributed by atoms with E-state index in [1.807, 2.05) is 17.5 Å². The Kier molecular flexibility index (Phi) is 6.53. The molecule has 4 aromatic rings. The van der Waals surface area contributed by atoms with Crippen molar-refractivity contribution in [1.29, 1.82) is 0 Å². The number of halogens is 1. The summed E-state index contributed by atoms with van der Waals surface area (Å²) in [6.07, 6.45) is 0. The lowest BCUT2D eigenvalue weighted by Crippen LogP contribution is -2.30. The zero-order valence-electron chi connectivity index (χ0n) is 18.4. The molecule has 0 spiro atoms. The van der Waals surface area contributed by atoms with Gasteiger partial charge in [0.05, 0.1) is 21.2 Å². The van der Waals surface area contributed by atoms with Crippen LogP contribution in [-0.4, -0.2) is 32.0 Å². The topological polar surface area (TPSA) is 96.3 Å². The first-order valence-corrected chi connectivity index (χ1v) is 13.8. The number of benzene rings is 1. The first-order valence-electron chi connectivity index (χ1n) is 10.3. The van der Waals surface area contributed by atoms with E-state index in [0.29, 0.717) is 20.7 Å². The van der Waals surface area contributed by atoms with E-state index in [9.17, 15) is 19.1 Å². The summed E-state index contributed by atoms with van der Waals surface area (Å²) in [5.74, 6) is -1.46. The lowest BCUT2D eigenvalue weighted by Gasteiger charge is -2.22. The smallest absolute Gasteiger partial charge is 0.296 e. The molecule has 12 heteroatoms. The number of thiazole rings is 1. The van der Waals surface area contributed by atoms with Gasteiger partial charge in [0.15, 0.2) is 10.1 Å². The fraction of sp³-hybridized carbons (Fsp3) is 0.174. The van der Waals surface area contributed by atoms with Crippen LogP contribution in [0.25, 0.3) is 0 Å². The van der Waals surface area contributed by atoms with E-state index >= 15 is 0 Å². The van der Waals surface area contributed by atoms with Gasteiger partial charge < -0.3 is 5.11 Å². The average molecular weight is 545 g/mol. The van der Waals surface area contributed by atoms with Gasteiger partial charge in [-0.05, 0) is 43.0 Å². The van der Waals surface area contributed by atoms with Gasteiger partial charge in [-0.25, -0.2) is 9.37 Å². The van der Waals surface area contributed by atoms with Crippen molar-refractivity contribution in [2.75, 3.05) is 4.90 Å². The molecule has 1 aliphatic heterocycles. The van der Waals surface area contributed by atoms with Crippen LogP contribution in [0, 0.1) is 19.7 Å². The molecule has 1 unspecified atom stereocenters. The summed E-state index contributed by atoms with van der Waals surface area (Å²) in [6.45, 7) is 3.54. The fourth-order valence-electron chi connectivity index (χ4n) is 3.70. The van der Waals surface area contributed by atoms with Crippen molar-refractivity contribution < 1.29 is 19.1 Å². The molecule has 1 N–H and O–H groups in total. The number of rotatable bonds is 7. The van der Waals surface area contributed by atoms with Gasteiger partial charge in [-0.2, -0.15) is 0 Å². The summed E-state index contributed by atoms with van der Waals surface area (Å²) in [6, 6.07) is 9.02. The molecule has 0 radical (unpaired) electrons. The second-order valence-electron chi connectivity index (χ2n) is 7.60. The second kappa shape index (κ2) is 9.61. The number of anilines is 1. The van der Waals surface area contributed by atoms with Crippen LogP contribution in [0.5, 0.6) is 0 Å². The fourth-order valence-corrected chi connectivity index (χ4v) is 7.22. The second-order valence-corrected chi connectivity index (χ2v) is 12.0. The maximum absolute atomic E-state index is 13.5. The van der Waals surface area contributed by atoms with Crippen LogP contribution in [0.1, 0.15) is 36.9 Å². The number of hydrogen-bond donors (Lipinski definition) is 1. The summed E-state index contributed by atoms with van der Waals surface area (Å²) in [7, 11) is 0. The third-order valence-corrected chi connectivity index (χ3v) is 9.38. The van der Waals surface area contributed by atoms with E-state index in [-0.39, 0.29) is 16.5 Å². The van der Waals surface area contributed by atoms with Crippen molar-refractivity contribution in [2.45, 2.75) is 30.0 Å². The van der Waals surface area contributed by atoms with E-state index in [2.05, 4.69) is 15.2 Å². The molecule has 0 fully saturated rings. The highest BCUT2D eigenvalue weighted by Crippen LogP contribution is 2.45. The summed E-state index contributed by atoms with van der Waals surface area (Å²) in [5.41, 5.74) is 1.49. The Labute approximate surface area is 216 Å². The van der Waals surface area contributed by atoms with Gasteiger partial charge in [0.2, 0.25) is 10.9 Å². The number of carbonyl (C=O) groups excluding carboxylic acids is 2. The number of amides is 1. The molecule has 1 amide bonds. The van der Waals surface area contributed by atoms with Gasteiger partial charge in [0, 0.05) is 10.6 Å². The normalized spacial score (nSPS) is 15.9. The van der Waals surface area contributed by atoms with Crippen molar-refractivity contribution in [1.82, 2.24) is 15.2 Å². The number of Topliss-reactive ketones (excluding diaryl/α,β-unsaturated/α-hetero) is 1. The van der Waals surface area contributed by atoms with Gasteiger partial charge >= 0.3 is 0 Å². The Balaban J connectivity index is 1.46. The SMILES string of the molecule is Cc1nc(C)c(C(=O)C2=C(O)C(=O)N(c3nnc(SCc4ccc(F)cc4)s3)C2c2cccs2)s1. The van der Waals surface area contributed by atoms with Crippen LogP contribution in [0.2, 0.25) is 0 Å². The number of aliphatic hydroxyl groups excluding tert-OH is 1. The van der Waals surface area contributed by atoms with E-state index in [4.69, 9.17) is 0 Å². The molecule has 7 nitrogen and oxygen atoms in total. The summed E-state index contributed by atoms with van der Waals surface area (Å²) < 4.78 is 13.8.